The molecule has 0 atom stereocenters. The van der Waals surface area contributed by atoms with Crippen LogP contribution in [0.5, 0.6) is 0 Å². The predicted molar refractivity (Wildman–Crippen MR) is 100 cm³/mol. The number of aromatic nitrogens is 1. The largest absolute Gasteiger partial charge is 0.439 e. The third-order valence-electron chi connectivity index (χ3n) is 3.94. The van der Waals surface area contributed by atoms with Crippen molar-refractivity contribution in [1.82, 2.24) is 9.88 Å². The number of amides is 1. The Hall–Kier alpha value is -2.04. The van der Waals surface area contributed by atoms with Crippen molar-refractivity contribution < 1.29 is 9.21 Å². The van der Waals surface area contributed by atoms with Crippen molar-refractivity contribution in [2.75, 3.05) is 0 Å². The molecule has 3 aromatic rings. The topological polar surface area (TPSA) is 46.3 Å². The van der Waals surface area contributed by atoms with Gasteiger partial charge in [-0.25, -0.2) is 4.98 Å². The van der Waals surface area contributed by atoms with Crippen molar-refractivity contribution >= 4 is 40.2 Å². The van der Waals surface area contributed by atoms with E-state index in [1.165, 1.54) is 0 Å². The van der Waals surface area contributed by atoms with Crippen molar-refractivity contribution in [2.45, 2.75) is 33.4 Å². The highest BCUT2D eigenvalue weighted by atomic mass is 35.5. The Kier molecular flexibility index (Phi) is 5.02. The van der Waals surface area contributed by atoms with E-state index in [-0.39, 0.29) is 18.5 Å². The zero-order valence-electron chi connectivity index (χ0n) is 14.2. The zero-order valence-corrected chi connectivity index (χ0v) is 15.7. The lowest BCUT2D eigenvalue weighted by Crippen LogP contribution is -2.36. The van der Waals surface area contributed by atoms with Gasteiger partial charge in [0.25, 0.3) is 5.91 Å². The fourth-order valence-electron chi connectivity index (χ4n) is 2.58. The molecule has 130 valence electrons. The van der Waals surface area contributed by atoms with Gasteiger partial charge in [-0.2, -0.15) is 0 Å². The van der Waals surface area contributed by atoms with Crippen LogP contribution < -0.4 is 0 Å². The van der Waals surface area contributed by atoms with Crippen LogP contribution in [0.2, 0.25) is 10.0 Å². The predicted octanol–water partition coefficient (Wildman–Crippen LogP) is 5.49. The van der Waals surface area contributed by atoms with Crippen molar-refractivity contribution in [3.8, 4) is 0 Å². The molecule has 0 spiro atoms. The van der Waals surface area contributed by atoms with Gasteiger partial charge < -0.3 is 9.32 Å². The molecule has 1 heterocycles. The quantitative estimate of drug-likeness (QED) is 0.604. The Morgan fingerprint density at radius 3 is 2.60 bits per heavy atom. The number of carbonyl (C=O) groups is 1. The summed E-state index contributed by atoms with van der Waals surface area (Å²) in [6, 6.07) is 10.7. The fraction of sp³-hybridized carbons (Fsp3) is 0.263. The normalized spacial score (nSPS) is 11.3. The number of benzene rings is 2. The molecule has 1 aromatic heterocycles. The van der Waals surface area contributed by atoms with Gasteiger partial charge in [0.1, 0.15) is 5.52 Å². The van der Waals surface area contributed by atoms with Crippen LogP contribution in [-0.4, -0.2) is 21.8 Å². The molecule has 6 heteroatoms. The molecular formula is C19H18Cl2N2O2. The monoisotopic (exact) mass is 376 g/mol. The van der Waals surface area contributed by atoms with Crippen LogP contribution in [0.3, 0.4) is 0 Å². The number of fused-ring (bicyclic) bond motifs is 1. The Bertz CT molecular complexity index is 934. The molecule has 0 unspecified atom stereocenters. The van der Waals surface area contributed by atoms with Gasteiger partial charge in [0.05, 0.1) is 16.6 Å². The number of rotatable bonds is 4. The number of carbonyl (C=O) groups excluding carboxylic acids is 1. The average molecular weight is 377 g/mol. The molecule has 0 saturated carbocycles. The molecule has 1 amide bonds. The molecule has 0 aliphatic heterocycles. The van der Waals surface area contributed by atoms with Crippen LogP contribution in [0, 0.1) is 6.92 Å². The number of hydrogen-bond acceptors (Lipinski definition) is 3. The van der Waals surface area contributed by atoms with Crippen LogP contribution in [0.4, 0.5) is 0 Å². The minimum Gasteiger partial charge on any atom is -0.439 e. The van der Waals surface area contributed by atoms with Gasteiger partial charge in [0.15, 0.2) is 5.58 Å². The lowest BCUT2D eigenvalue weighted by Gasteiger charge is -2.25. The molecule has 25 heavy (non-hydrogen) atoms. The highest BCUT2D eigenvalue weighted by molar-refractivity contribution is 6.42. The molecule has 0 saturated heterocycles. The maximum absolute atomic E-state index is 12.9. The highest BCUT2D eigenvalue weighted by Crippen LogP contribution is 2.25. The summed E-state index contributed by atoms with van der Waals surface area (Å²) < 4.78 is 5.78. The number of oxazole rings is 1. The summed E-state index contributed by atoms with van der Waals surface area (Å²) in [4.78, 5) is 19.1. The SMILES string of the molecule is Cc1ccc2oc(CN(C(=O)c3ccc(Cl)c(Cl)c3)C(C)C)nc2c1. The van der Waals surface area contributed by atoms with Crippen LogP contribution in [0.15, 0.2) is 40.8 Å². The summed E-state index contributed by atoms with van der Waals surface area (Å²) in [7, 11) is 0. The lowest BCUT2D eigenvalue weighted by atomic mass is 10.1. The minimum absolute atomic E-state index is 0.0290. The van der Waals surface area contributed by atoms with E-state index in [1.54, 1.807) is 23.1 Å². The summed E-state index contributed by atoms with van der Waals surface area (Å²) >= 11 is 12.0. The van der Waals surface area contributed by atoms with Crippen LogP contribution >= 0.6 is 23.2 Å². The third kappa shape index (κ3) is 3.80. The molecule has 0 N–H and O–H groups in total. The summed E-state index contributed by atoms with van der Waals surface area (Å²) in [5.74, 6) is 0.356. The molecule has 3 rings (SSSR count). The van der Waals surface area contributed by atoms with Crippen molar-refractivity contribution in [3.63, 3.8) is 0 Å². The van der Waals surface area contributed by atoms with Gasteiger partial charge in [-0.15, -0.1) is 0 Å². The number of aryl methyl sites for hydroxylation is 1. The summed E-state index contributed by atoms with van der Waals surface area (Å²) in [6.45, 7) is 6.18. The van der Waals surface area contributed by atoms with Crippen molar-refractivity contribution in [3.05, 3.63) is 63.5 Å². The van der Waals surface area contributed by atoms with Gasteiger partial charge in [-0.05, 0) is 56.7 Å². The zero-order chi connectivity index (χ0) is 18.1. The van der Waals surface area contributed by atoms with E-state index in [4.69, 9.17) is 27.6 Å². The maximum Gasteiger partial charge on any atom is 0.254 e. The van der Waals surface area contributed by atoms with Gasteiger partial charge in [-0.1, -0.05) is 29.3 Å². The second kappa shape index (κ2) is 7.06. The molecule has 0 aliphatic rings. The van der Waals surface area contributed by atoms with Gasteiger partial charge in [-0.3, -0.25) is 4.79 Å². The van der Waals surface area contributed by atoms with Crippen molar-refractivity contribution in [2.24, 2.45) is 0 Å². The number of halogens is 2. The van der Waals surface area contributed by atoms with E-state index < -0.39 is 0 Å². The Morgan fingerprint density at radius 1 is 1.16 bits per heavy atom. The molecule has 0 radical (unpaired) electrons. The van der Waals surface area contributed by atoms with Gasteiger partial charge in [0, 0.05) is 11.6 Å². The van der Waals surface area contributed by atoms with Gasteiger partial charge in [0.2, 0.25) is 5.89 Å². The molecule has 0 fully saturated rings. The standard InChI is InChI=1S/C19H18Cl2N2O2/c1-11(2)23(19(24)13-5-6-14(20)15(21)9-13)10-18-22-16-8-12(3)4-7-17(16)25-18/h4-9,11H,10H2,1-3H3. The Morgan fingerprint density at radius 2 is 1.92 bits per heavy atom. The van der Waals surface area contributed by atoms with E-state index >= 15 is 0 Å². The molecular weight excluding hydrogens is 359 g/mol. The van der Waals surface area contributed by atoms with E-state index in [1.807, 2.05) is 39.0 Å². The first-order valence-electron chi connectivity index (χ1n) is 7.97. The number of hydrogen-bond donors (Lipinski definition) is 0. The molecule has 0 bridgehead atoms. The van der Waals surface area contributed by atoms with E-state index in [9.17, 15) is 4.79 Å². The highest BCUT2D eigenvalue weighted by Gasteiger charge is 2.22. The van der Waals surface area contributed by atoms with E-state index in [0.717, 1.165) is 11.1 Å². The first kappa shape index (κ1) is 17.8. The lowest BCUT2D eigenvalue weighted by molar-refractivity contribution is 0.0673. The number of nitrogens with zero attached hydrogens (tertiary/aromatic N) is 2. The summed E-state index contributed by atoms with van der Waals surface area (Å²) in [5, 5.41) is 0.775. The van der Waals surface area contributed by atoms with Crippen LogP contribution in [0.25, 0.3) is 11.1 Å². The first-order valence-corrected chi connectivity index (χ1v) is 8.73. The summed E-state index contributed by atoms with van der Waals surface area (Å²) in [6.07, 6.45) is 0. The van der Waals surface area contributed by atoms with E-state index in [2.05, 4.69) is 4.98 Å². The van der Waals surface area contributed by atoms with Gasteiger partial charge >= 0.3 is 0 Å². The maximum atomic E-state index is 12.9. The Balaban J connectivity index is 1.89. The first-order chi connectivity index (χ1) is 11.8. The van der Waals surface area contributed by atoms with Crippen LogP contribution in [0.1, 0.15) is 35.7 Å². The van der Waals surface area contributed by atoms with Crippen molar-refractivity contribution in [1.29, 1.82) is 0 Å². The van der Waals surface area contributed by atoms with Crippen LogP contribution in [-0.2, 0) is 6.54 Å². The minimum atomic E-state index is -0.146. The fourth-order valence-corrected chi connectivity index (χ4v) is 2.88. The Labute approximate surface area is 156 Å². The third-order valence-corrected chi connectivity index (χ3v) is 4.68. The summed E-state index contributed by atoms with van der Waals surface area (Å²) in [5.41, 5.74) is 3.10. The molecule has 2 aromatic carbocycles. The smallest absolute Gasteiger partial charge is 0.254 e. The average Bonchev–Trinajstić information content (AvgIpc) is 2.96. The van der Waals surface area contributed by atoms with E-state index in [0.29, 0.717) is 27.1 Å². The molecule has 0 aliphatic carbocycles. The molecule has 4 nitrogen and oxygen atoms in total. The second-order valence-electron chi connectivity index (χ2n) is 6.23. The second-order valence-corrected chi connectivity index (χ2v) is 7.05.